The van der Waals surface area contributed by atoms with Gasteiger partial charge in [0, 0.05) is 54.2 Å². The Kier molecular flexibility index (Phi) is 4.69. The molecule has 49 heavy (non-hydrogen) atoms. The topological polar surface area (TPSA) is 27.2 Å². The molecule has 0 amide bonds. The molecule has 12 rings (SSSR count). The summed E-state index contributed by atoms with van der Waals surface area (Å²) in [6, 6.07) is 53.0. The molecule has 0 aliphatic carbocycles. The Morgan fingerprint density at radius 1 is 0.367 bits per heavy atom. The first-order chi connectivity index (χ1) is 24.4. The van der Waals surface area contributed by atoms with E-state index in [9.17, 15) is 0 Å². The second kappa shape index (κ2) is 9.03. The van der Waals surface area contributed by atoms with Gasteiger partial charge in [-0.15, -0.1) is 0 Å². The summed E-state index contributed by atoms with van der Waals surface area (Å²) in [6.07, 6.45) is 4.11. The van der Waals surface area contributed by atoms with Gasteiger partial charge in [-0.3, -0.25) is 4.98 Å². The number of fused-ring (bicyclic) bond motifs is 15. The smallest absolute Gasteiger partial charge is 0.0746 e. The first kappa shape index (κ1) is 25.4. The van der Waals surface area contributed by atoms with Crippen LogP contribution in [0.3, 0.4) is 0 Å². The van der Waals surface area contributed by atoms with Crippen LogP contribution in [0.4, 0.5) is 0 Å². The maximum atomic E-state index is 5.01. The van der Waals surface area contributed by atoms with E-state index >= 15 is 0 Å². The third-order valence-electron chi connectivity index (χ3n) is 10.8. The Hall–Kier alpha value is -6.65. The van der Waals surface area contributed by atoms with Gasteiger partial charge >= 0.3 is 0 Å². The highest BCUT2D eigenvalue weighted by molar-refractivity contribution is 6.35. The Bertz CT molecular complexity index is 3320. The van der Waals surface area contributed by atoms with Gasteiger partial charge in [-0.2, -0.15) is 0 Å². The van der Waals surface area contributed by atoms with E-state index in [1.807, 2.05) is 6.20 Å². The molecule has 0 fully saturated rings. The predicted molar refractivity (Wildman–Crippen MR) is 205 cm³/mol. The van der Waals surface area contributed by atoms with Crippen molar-refractivity contribution in [2.45, 2.75) is 0 Å². The van der Waals surface area contributed by atoms with E-state index in [1.165, 1.54) is 87.0 Å². The van der Waals surface area contributed by atoms with Crippen LogP contribution in [-0.4, -0.2) is 18.5 Å². The normalized spacial score (nSPS) is 12.5. The molecule has 0 unspecified atom stereocenters. The van der Waals surface area contributed by atoms with E-state index in [2.05, 4.69) is 165 Å². The van der Waals surface area contributed by atoms with Gasteiger partial charge in [0.1, 0.15) is 0 Å². The van der Waals surface area contributed by atoms with Gasteiger partial charge in [0.25, 0.3) is 0 Å². The maximum absolute atomic E-state index is 5.01. The van der Waals surface area contributed by atoms with Crippen LogP contribution in [0.5, 0.6) is 0 Å². The molecule has 0 saturated carbocycles. The van der Waals surface area contributed by atoms with Crippen molar-refractivity contribution in [2.24, 2.45) is 0 Å². The molecule has 0 bridgehead atoms. The van der Waals surface area contributed by atoms with Crippen molar-refractivity contribution >= 4 is 92.5 Å². The molecule has 7 aromatic carbocycles. The minimum absolute atomic E-state index is 1.09. The second-order valence-corrected chi connectivity index (χ2v) is 13.2. The van der Waals surface area contributed by atoms with Gasteiger partial charge in [0.15, 0.2) is 0 Å². The average molecular weight is 623 g/mol. The first-order valence-electron chi connectivity index (χ1n) is 16.8. The minimum atomic E-state index is 1.09. The Morgan fingerprint density at radius 3 is 1.82 bits per heavy atom. The highest BCUT2D eigenvalue weighted by Crippen LogP contribution is 2.48. The number of aromatic nitrogens is 4. The average Bonchev–Trinajstić information content (AvgIpc) is 3.89. The van der Waals surface area contributed by atoms with Crippen molar-refractivity contribution in [1.29, 1.82) is 0 Å². The zero-order valence-corrected chi connectivity index (χ0v) is 26.3. The molecule has 0 aliphatic heterocycles. The summed E-state index contributed by atoms with van der Waals surface area (Å²) in [5.41, 5.74) is 10.6. The van der Waals surface area contributed by atoms with Gasteiger partial charge in [-0.1, -0.05) is 109 Å². The highest BCUT2D eigenvalue weighted by atomic mass is 15.0. The summed E-state index contributed by atoms with van der Waals surface area (Å²) in [5.74, 6) is 0. The van der Waals surface area contributed by atoms with E-state index < -0.39 is 0 Å². The zero-order valence-electron chi connectivity index (χ0n) is 26.3. The predicted octanol–water partition coefficient (Wildman–Crippen LogP) is 11.6. The van der Waals surface area contributed by atoms with E-state index in [1.54, 1.807) is 0 Å². The summed E-state index contributed by atoms with van der Waals surface area (Å²) < 4.78 is 7.38. The molecular formula is C45H26N4. The van der Waals surface area contributed by atoms with E-state index in [-0.39, 0.29) is 0 Å². The summed E-state index contributed by atoms with van der Waals surface area (Å²) in [4.78, 5) is 5.01. The third-order valence-corrected chi connectivity index (χ3v) is 10.8. The molecule has 226 valence electrons. The lowest BCUT2D eigenvalue weighted by molar-refractivity contribution is 1.14. The van der Waals surface area contributed by atoms with Crippen LogP contribution in [0.2, 0.25) is 0 Å². The van der Waals surface area contributed by atoms with Gasteiger partial charge < -0.3 is 13.5 Å². The quantitative estimate of drug-likeness (QED) is 0.188. The number of para-hydroxylation sites is 4. The van der Waals surface area contributed by atoms with Crippen molar-refractivity contribution in [3.8, 4) is 11.4 Å². The Balaban J connectivity index is 1.39. The van der Waals surface area contributed by atoms with Crippen molar-refractivity contribution in [3.63, 3.8) is 0 Å². The lowest BCUT2D eigenvalue weighted by atomic mass is 10.0. The minimum Gasteiger partial charge on any atom is -0.308 e. The van der Waals surface area contributed by atoms with Crippen LogP contribution in [0.15, 0.2) is 158 Å². The number of rotatable bonds is 2. The maximum Gasteiger partial charge on any atom is 0.0746 e. The third kappa shape index (κ3) is 3.07. The highest BCUT2D eigenvalue weighted by Gasteiger charge is 2.26. The van der Waals surface area contributed by atoms with Crippen LogP contribution in [0, 0.1) is 0 Å². The largest absolute Gasteiger partial charge is 0.308 e. The van der Waals surface area contributed by atoms with Crippen LogP contribution >= 0.6 is 0 Å². The number of benzene rings is 7. The van der Waals surface area contributed by atoms with Crippen molar-refractivity contribution in [1.82, 2.24) is 18.5 Å². The zero-order chi connectivity index (χ0) is 31.8. The van der Waals surface area contributed by atoms with Gasteiger partial charge in [-0.25, -0.2) is 0 Å². The Labute approximate surface area is 279 Å². The molecule has 0 radical (unpaired) electrons. The SMILES string of the molecule is c1ccc(-n2c3ccccc3c3c(-n4c5c6ccccc6ccc5c5cc6c7ccccc7n7c8ccccc8c(c54)c67)cncc32)cc1. The van der Waals surface area contributed by atoms with E-state index in [0.717, 1.165) is 16.9 Å². The summed E-state index contributed by atoms with van der Waals surface area (Å²) in [5, 5.41) is 12.5. The van der Waals surface area contributed by atoms with Crippen molar-refractivity contribution in [3.05, 3.63) is 158 Å². The monoisotopic (exact) mass is 622 g/mol. The van der Waals surface area contributed by atoms with Crippen molar-refractivity contribution < 1.29 is 0 Å². The van der Waals surface area contributed by atoms with Crippen molar-refractivity contribution in [2.75, 3.05) is 0 Å². The van der Waals surface area contributed by atoms with Crippen LogP contribution in [0.25, 0.3) is 104 Å². The fraction of sp³-hybridized carbons (Fsp3) is 0. The summed E-state index contributed by atoms with van der Waals surface area (Å²) in [6.45, 7) is 0. The molecule has 0 aliphatic rings. The molecular weight excluding hydrogens is 597 g/mol. The molecule has 5 heterocycles. The lowest BCUT2D eigenvalue weighted by Crippen LogP contribution is -1.98. The number of pyridine rings is 1. The summed E-state index contributed by atoms with van der Waals surface area (Å²) >= 11 is 0. The summed E-state index contributed by atoms with van der Waals surface area (Å²) in [7, 11) is 0. The fourth-order valence-electron chi connectivity index (χ4n) is 8.92. The number of nitrogens with zero attached hydrogens (tertiary/aromatic N) is 4. The first-order valence-corrected chi connectivity index (χ1v) is 16.8. The standard InChI is InChI=1S/C45H26N4/c1-2-13-28(14-3-1)47-37-20-10-7-17-32(37)41-39(47)25-46-26-40(41)49-43-29-15-5-4-12-27(29)22-23-31(43)35-24-34-30-16-6-9-19-36(30)48-38-21-11-8-18-33(38)42(44(34)48)45(35)49/h1-26H. The number of hydrogen-bond acceptors (Lipinski definition) is 1. The molecule has 12 aromatic rings. The van der Waals surface area contributed by atoms with Gasteiger partial charge in [0.2, 0.25) is 0 Å². The fourth-order valence-corrected chi connectivity index (χ4v) is 8.92. The Morgan fingerprint density at radius 2 is 1.00 bits per heavy atom. The van der Waals surface area contributed by atoms with Crippen LogP contribution in [0.1, 0.15) is 0 Å². The molecule has 4 heteroatoms. The molecule has 5 aromatic heterocycles. The van der Waals surface area contributed by atoms with Gasteiger partial charge in [-0.05, 0) is 41.8 Å². The van der Waals surface area contributed by atoms with E-state index in [0.29, 0.717) is 0 Å². The molecule has 0 N–H and O–H groups in total. The second-order valence-electron chi connectivity index (χ2n) is 13.2. The lowest BCUT2D eigenvalue weighted by Gasteiger charge is -2.13. The van der Waals surface area contributed by atoms with Crippen LogP contribution < -0.4 is 0 Å². The molecule has 0 atom stereocenters. The van der Waals surface area contributed by atoms with Crippen LogP contribution in [-0.2, 0) is 0 Å². The molecule has 0 spiro atoms. The molecule has 0 saturated heterocycles. The van der Waals surface area contributed by atoms with Gasteiger partial charge in [0.05, 0.1) is 56.7 Å². The van der Waals surface area contributed by atoms with E-state index in [4.69, 9.17) is 4.98 Å². The number of hydrogen-bond donors (Lipinski definition) is 0. The molecule has 4 nitrogen and oxygen atoms in total.